The van der Waals surface area contributed by atoms with Gasteiger partial charge in [-0.15, -0.1) is 0 Å². The lowest BCUT2D eigenvalue weighted by Crippen LogP contribution is -1.98. The van der Waals surface area contributed by atoms with Gasteiger partial charge < -0.3 is 4.74 Å². The number of rotatable bonds is 2. The van der Waals surface area contributed by atoms with E-state index in [4.69, 9.17) is 21.6 Å². The minimum Gasteiger partial charge on any atom is -0.496 e. The third kappa shape index (κ3) is 2.16. The van der Waals surface area contributed by atoms with Gasteiger partial charge >= 0.3 is 0 Å². The molecule has 0 saturated heterocycles. The number of ether oxygens (including phenoxy) is 1. The summed E-state index contributed by atoms with van der Waals surface area (Å²) < 4.78 is 5.62. The average Bonchev–Trinajstić information content (AvgIpc) is 2.17. The summed E-state index contributed by atoms with van der Waals surface area (Å²) in [5.74, 6) is 0.480. The van der Waals surface area contributed by atoms with Gasteiger partial charge in [-0.3, -0.25) is 4.79 Å². The van der Waals surface area contributed by atoms with Gasteiger partial charge in [0.25, 0.3) is 5.24 Å². The second-order valence-electron chi connectivity index (χ2n) is 2.43. The maximum absolute atomic E-state index is 11.0. The molecule has 0 bridgehead atoms. The minimum absolute atomic E-state index is 0.295. The zero-order valence-corrected chi connectivity index (χ0v) is 10.1. The van der Waals surface area contributed by atoms with Crippen LogP contribution in [0.1, 0.15) is 15.9 Å². The van der Waals surface area contributed by atoms with Gasteiger partial charge in [0.15, 0.2) is 0 Å². The lowest BCUT2D eigenvalue weighted by molar-refractivity contribution is 0.108. The molecule has 0 aliphatic heterocycles. The molecule has 1 aromatic carbocycles. The van der Waals surface area contributed by atoms with Gasteiger partial charge in [0.1, 0.15) is 5.75 Å². The summed E-state index contributed by atoms with van der Waals surface area (Å²) in [7, 11) is 1.47. The van der Waals surface area contributed by atoms with Gasteiger partial charge in [-0.05, 0) is 46.3 Å². The second-order valence-corrected chi connectivity index (χ2v) is 3.85. The molecule has 0 heterocycles. The van der Waals surface area contributed by atoms with E-state index in [-0.39, 0.29) is 0 Å². The van der Waals surface area contributed by atoms with Crippen molar-refractivity contribution in [1.29, 1.82) is 5.26 Å². The van der Waals surface area contributed by atoms with E-state index in [1.165, 1.54) is 13.2 Å². The number of carbonyl (C=O) groups excluding carboxylic acids is 1. The van der Waals surface area contributed by atoms with Crippen LogP contribution in [0.4, 0.5) is 0 Å². The van der Waals surface area contributed by atoms with Crippen LogP contribution >= 0.6 is 34.2 Å². The number of nitrogens with zero attached hydrogens (tertiary/aromatic N) is 1. The van der Waals surface area contributed by atoms with Gasteiger partial charge in [0, 0.05) is 0 Å². The molecule has 1 rings (SSSR count). The molecule has 0 radical (unpaired) electrons. The fourth-order valence-corrected chi connectivity index (χ4v) is 2.04. The highest BCUT2D eigenvalue weighted by Crippen LogP contribution is 2.27. The van der Waals surface area contributed by atoms with Crippen LogP contribution in [0.2, 0.25) is 0 Å². The Bertz CT molecular complexity index is 426. The Morgan fingerprint density at radius 3 is 2.71 bits per heavy atom. The van der Waals surface area contributed by atoms with Crippen molar-refractivity contribution in [3.63, 3.8) is 0 Å². The molecule has 0 fully saturated rings. The van der Waals surface area contributed by atoms with E-state index in [1.807, 2.05) is 28.7 Å². The van der Waals surface area contributed by atoms with Crippen molar-refractivity contribution in [2.45, 2.75) is 0 Å². The summed E-state index contributed by atoms with van der Waals surface area (Å²) in [5, 5.41) is 8.10. The summed E-state index contributed by atoms with van der Waals surface area (Å²) in [4.78, 5) is 11.0. The third-order valence-electron chi connectivity index (χ3n) is 1.60. The maximum Gasteiger partial charge on any atom is 0.253 e. The zero-order chi connectivity index (χ0) is 10.7. The van der Waals surface area contributed by atoms with Crippen molar-refractivity contribution >= 4 is 39.4 Å². The Morgan fingerprint density at radius 2 is 2.29 bits per heavy atom. The van der Waals surface area contributed by atoms with E-state index in [2.05, 4.69) is 0 Å². The maximum atomic E-state index is 11.0. The highest BCUT2D eigenvalue weighted by atomic mass is 127. The summed E-state index contributed by atoms with van der Waals surface area (Å²) in [6, 6.07) is 4.93. The molecule has 0 aliphatic rings. The monoisotopic (exact) mass is 321 g/mol. The average molecular weight is 322 g/mol. The van der Waals surface area contributed by atoms with E-state index < -0.39 is 5.24 Å². The highest BCUT2D eigenvalue weighted by molar-refractivity contribution is 14.1. The predicted octanol–water partition coefficient (Wildman–Crippen LogP) is 2.55. The Kier molecular flexibility index (Phi) is 3.72. The zero-order valence-electron chi connectivity index (χ0n) is 7.17. The first kappa shape index (κ1) is 11.3. The van der Waals surface area contributed by atoms with Crippen LogP contribution in [0.15, 0.2) is 12.1 Å². The molecule has 0 aliphatic carbocycles. The fourth-order valence-electron chi connectivity index (χ4n) is 0.954. The standard InChI is InChI=1S/C9H5ClINO2/c1-14-7-3-5(4-12)2-6(8(7)11)9(10)13/h2-3H,1H3. The lowest BCUT2D eigenvalue weighted by atomic mass is 10.1. The highest BCUT2D eigenvalue weighted by Gasteiger charge is 2.13. The van der Waals surface area contributed by atoms with Crippen LogP contribution in [0.25, 0.3) is 0 Å². The van der Waals surface area contributed by atoms with Gasteiger partial charge in [0.2, 0.25) is 0 Å². The molecule has 0 unspecified atom stereocenters. The number of hydrogen-bond acceptors (Lipinski definition) is 3. The Balaban J connectivity index is 3.44. The topological polar surface area (TPSA) is 50.1 Å². The van der Waals surface area contributed by atoms with E-state index in [0.717, 1.165) is 0 Å². The first-order valence-electron chi connectivity index (χ1n) is 3.57. The first-order chi connectivity index (χ1) is 6.60. The molecule has 0 spiro atoms. The number of carbonyl (C=O) groups is 1. The van der Waals surface area contributed by atoms with Crippen molar-refractivity contribution in [3.8, 4) is 11.8 Å². The molecular formula is C9H5ClINO2. The molecule has 0 amide bonds. The van der Waals surface area contributed by atoms with Gasteiger partial charge in [-0.25, -0.2) is 0 Å². The van der Waals surface area contributed by atoms with Crippen LogP contribution in [0.3, 0.4) is 0 Å². The largest absolute Gasteiger partial charge is 0.496 e. The van der Waals surface area contributed by atoms with Gasteiger partial charge in [0.05, 0.1) is 27.9 Å². The van der Waals surface area contributed by atoms with Crippen LogP contribution in [-0.2, 0) is 0 Å². The van der Waals surface area contributed by atoms with Crippen molar-refractivity contribution in [1.82, 2.24) is 0 Å². The molecule has 1 aromatic rings. The summed E-state index contributed by atoms with van der Waals surface area (Å²) >= 11 is 7.31. The Morgan fingerprint density at radius 1 is 1.64 bits per heavy atom. The summed E-state index contributed by atoms with van der Waals surface area (Å²) in [5.41, 5.74) is 0.648. The first-order valence-corrected chi connectivity index (χ1v) is 5.03. The molecular weight excluding hydrogens is 316 g/mol. The van der Waals surface area contributed by atoms with Crippen molar-refractivity contribution < 1.29 is 9.53 Å². The Labute approximate surface area is 99.8 Å². The third-order valence-corrected chi connectivity index (χ3v) is 2.92. The van der Waals surface area contributed by atoms with Gasteiger partial charge in [-0.1, -0.05) is 0 Å². The number of halogens is 2. The minimum atomic E-state index is -0.593. The van der Waals surface area contributed by atoms with Crippen molar-refractivity contribution in [3.05, 3.63) is 26.8 Å². The van der Waals surface area contributed by atoms with Crippen molar-refractivity contribution in [2.75, 3.05) is 7.11 Å². The number of nitriles is 1. The van der Waals surface area contributed by atoms with Crippen molar-refractivity contribution in [2.24, 2.45) is 0 Å². The quantitative estimate of drug-likeness (QED) is 0.621. The molecule has 14 heavy (non-hydrogen) atoms. The Hall–Kier alpha value is -0.800. The summed E-state index contributed by atoms with van der Waals surface area (Å²) in [6.07, 6.45) is 0. The van der Waals surface area contributed by atoms with Crippen LogP contribution in [0.5, 0.6) is 5.75 Å². The molecule has 0 N–H and O–H groups in total. The molecule has 72 valence electrons. The SMILES string of the molecule is COc1cc(C#N)cc(C(=O)Cl)c1I. The van der Waals surface area contributed by atoms with E-state index in [0.29, 0.717) is 20.4 Å². The normalized spacial score (nSPS) is 9.29. The predicted molar refractivity (Wildman–Crippen MR) is 60.6 cm³/mol. The fraction of sp³-hybridized carbons (Fsp3) is 0.111. The molecule has 5 heteroatoms. The molecule has 0 atom stereocenters. The molecule has 0 aromatic heterocycles. The van der Waals surface area contributed by atoms with Crippen LogP contribution in [0, 0.1) is 14.9 Å². The van der Waals surface area contributed by atoms with E-state index in [1.54, 1.807) is 6.07 Å². The van der Waals surface area contributed by atoms with E-state index in [9.17, 15) is 4.79 Å². The summed E-state index contributed by atoms with van der Waals surface area (Å²) in [6.45, 7) is 0. The van der Waals surface area contributed by atoms with Crippen LogP contribution < -0.4 is 4.74 Å². The van der Waals surface area contributed by atoms with Crippen LogP contribution in [-0.4, -0.2) is 12.4 Å². The molecule has 3 nitrogen and oxygen atoms in total. The number of methoxy groups -OCH3 is 1. The lowest BCUT2D eigenvalue weighted by Gasteiger charge is -2.06. The second kappa shape index (κ2) is 4.62. The van der Waals surface area contributed by atoms with Gasteiger partial charge in [-0.2, -0.15) is 5.26 Å². The van der Waals surface area contributed by atoms with E-state index >= 15 is 0 Å². The number of hydrogen-bond donors (Lipinski definition) is 0. The molecule has 0 saturated carbocycles. The smallest absolute Gasteiger partial charge is 0.253 e. The number of benzene rings is 1.